The number of nitrogens with one attached hydrogen (secondary N) is 1. The largest absolute Gasteiger partial charge is 0.444 e. The van der Waals surface area contributed by atoms with E-state index in [1.807, 2.05) is 65.8 Å². The van der Waals surface area contributed by atoms with Gasteiger partial charge in [-0.25, -0.2) is 9.59 Å². The van der Waals surface area contributed by atoms with Gasteiger partial charge in [-0.3, -0.25) is 4.90 Å². The van der Waals surface area contributed by atoms with Crippen LogP contribution in [0.15, 0.2) is 45.3 Å². The Morgan fingerprint density at radius 2 is 1.13 bits per heavy atom. The van der Waals surface area contributed by atoms with Gasteiger partial charge in [-0.05, 0) is 123 Å². The summed E-state index contributed by atoms with van der Waals surface area (Å²) >= 11 is 22.2. The van der Waals surface area contributed by atoms with E-state index < -0.39 is 5.60 Å². The number of hydrogen-bond donors (Lipinski definition) is 1. The first kappa shape index (κ1) is 42.1. The average Bonchev–Trinajstić information content (AvgIpc) is 2.99. The number of hydrogen-bond acceptors (Lipinski definition) is 6. The molecule has 2 unspecified atom stereocenters. The van der Waals surface area contributed by atoms with E-state index in [1.54, 1.807) is 9.80 Å². The molecule has 47 heavy (non-hydrogen) atoms. The van der Waals surface area contributed by atoms with Crippen molar-refractivity contribution in [2.45, 2.75) is 77.5 Å². The molecule has 264 valence electrons. The molecular formula is C34H49Br3Cl2N4O4. The molecule has 0 aromatic heterocycles. The maximum Gasteiger partial charge on any atom is 0.410 e. The lowest BCUT2D eigenvalue weighted by Gasteiger charge is -2.38. The van der Waals surface area contributed by atoms with Crippen LogP contribution in [0.25, 0.3) is 0 Å². The molecule has 1 N–H and O–H groups in total. The predicted octanol–water partition coefficient (Wildman–Crippen LogP) is 10.1. The van der Waals surface area contributed by atoms with Gasteiger partial charge in [0, 0.05) is 72.2 Å². The van der Waals surface area contributed by atoms with Crippen molar-refractivity contribution in [1.29, 1.82) is 0 Å². The molecule has 2 aromatic carbocycles. The number of halogens is 5. The third-order valence-electron chi connectivity index (χ3n) is 7.11. The molecule has 2 amide bonds. The lowest BCUT2D eigenvalue weighted by atomic mass is 10.1. The highest BCUT2D eigenvalue weighted by Gasteiger charge is 2.28. The van der Waals surface area contributed by atoms with Gasteiger partial charge in [0.1, 0.15) is 11.2 Å². The second-order valence-corrected chi connectivity index (χ2v) is 17.3. The fourth-order valence-corrected chi connectivity index (χ4v) is 5.85. The molecule has 0 saturated carbocycles. The van der Waals surface area contributed by atoms with Gasteiger partial charge in [0.25, 0.3) is 0 Å². The number of carbonyl (C=O) groups is 2. The summed E-state index contributed by atoms with van der Waals surface area (Å²) in [5, 5.41) is 4.65. The van der Waals surface area contributed by atoms with Crippen molar-refractivity contribution in [1.82, 2.24) is 20.0 Å². The molecule has 4 rings (SSSR count). The van der Waals surface area contributed by atoms with Crippen LogP contribution < -0.4 is 5.32 Å². The summed E-state index contributed by atoms with van der Waals surface area (Å²) in [6.07, 6.45) is -0.423. The van der Waals surface area contributed by atoms with Gasteiger partial charge in [0.15, 0.2) is 0 Å². The summed E-state index contributed by atoms with van der Waals surface area (Å²) < 4.78 is 12.5. The van der Waals surface area contributed by atoms with Crippen LogP contribution >= 0.6 is 71.0 Å². The Labute approximate surface area is 316 Å². The molecule has 2 aromatic rings. The highest BCUT2D eigenvalue weighted by atomic mass is 79.9. The van der Waals surface area contributed by atoms with Crippen molar-refractivity contribution < 1.29 is 19.1 Å². The molecular weight excluding hydrogens is 839 g/mol. The quantitative estimate of drug-likeness (QED) is 0.310. The molecule has 0 bridgehead atoms. The zero-order valence-corrected chi connectivity index (χ0v) is 34.9. The van der Waals surface area contributed by atoms with Gasteiger partial charge in [-0.1, -0.05) is 51.3 Å². The van der Waals surface area contributed by atoms with E-state index >= 15 is 0 Å². The first-order chi connectivity index (χ1) is 21.8. The Bertz CT molecular complexity index is 1310. The van der Waals surface area contributed by atoms with Crippen LogP contribution in [0.1, 0.15) is 77.4 Å². The molecule has 0 aliphatic carbocycles. The van der Waals surface area contributed by atoms with Gasteiger partial charge in [-0.15, -0.1) is 0 Å². The van der Waals surface area contributed by atoms with Crippen LogP contribution in [0.2, 0.25) is 10.0 Å². The summed E-state index contributed by atoms with van der Waals surface area (Å²) in [5.41, 5.74) is 1.60. The zero-order valence-electron chi connectivity index (χ0n) is 28.6. The number of carbonyl (C=O) groups excluding carboxylic acids is 2. The SMILES string of the molecule is CC(Br)c1ccc(Cl)c(Br)c1.CC(C)(C)OC(=O)N1CCNCC1.CC(c1ccc(Cl)c(Br)c1)N1CCN(C(=O)OC(C)(C)C)CC1. The minimum absolute atomic E-state index is 0.200. The highest BCUT2D eigenvalue weighted by Crippen LogP contribution is 2.30. The Hall–Kier alpha value is -1.08. The monoisotopic (exact) mass is 884 g/mol. The van der Waals surface area contributed by atoms with Crippen LogP contribution in [0.3, 0.4) is 0 Å². The van der Waals surface area contributed by atoms with Gasteiger partial charge in [0.2, 0.25) is 0 Å². The van der Waals surface area contributed by atoms with Crippen molar-refractivity contribution in [2.75, 3.05) is 52.4 Å². The number of piperazine rings is 2. The number of amides is 2. The number of rotatable bonds is 3. The van der Waals surface area contributed by atoms with Crippen molar-refractivity contribution in [3.8, 4) is 0 Å². The standard InChI is InChI=1S/C17H24BrClN2O2.C9H18N2O2.C8H7Br2Cl/c1-12(13-5-6-15(19)14(18)11-13)20-7-9-21(10-8-20)16(22)23-17(2,3)4;1-9(2,3)13-8(12)11-6-4-10-5-7-11;1-5(9)6-2-3-8(11)7(10)4-6/h5-6,11-12H,7-10H2,1-4H3;10H,4-7H2,1-3H3;2-5H,1H3. The van der Waals surface area contributed by atoms with Gasteiger partial charge in [0.05, 0.1) is 10.0 Å². The van der Waals surface area contributed by atoms with Crippen molar-refractivity contribution in [3.05, 3.63) is 66.5 Å². The van der Waals surface area contributed by atoms with E-state index in [9.17, 15) is 9.59 Å². The molecule has 2 atom stereocenters. The van der Waals surface area contributed by atoms with E-state index in [0.717, 1.165) is 58.3 Å². The minimum atomic E-state index is -0.447. The molecule has 0 radical (unpaired) electrons. The van der Waals surface area contributed by atoms with E-state index in [0.29, 0.717) is 17.9 Å². The van der Waals surface area contributed by atoms with Crippen molar-refractivity contribution in [2.24, 2.45) is 0 Å². The second-order valence-electron chi connectivity index (χ2n) is 13.4. The summed E-state index contributed by atoms with van der Waals surface area (Å²) in [5.74, 6) is 0. The minimum Gasteiger partial charge on any atom is -0.444 e. The normalized spacial score (nSPS) is 17.0. The van der Waals surface area contributed by atoms with Gasteiger partial charge in [-0.2, -0.15) is 0 Å². The molecule has 2 aliphatic heterocycles. The van der Waals surface area contributed by atoms with Crippen LogP contribution in [0.4, 0.5) is 9.59 Å². The topological polar surface area (TPSA) is 74.4 Å². The highest BCUT2D eigenvalue weighted by molar-refractivity contribution is 9.11. The maximum atomic E-state index is 12.1. The summed E-state index contributed by atoms with van der Waals surface area (Å²) in [6.45, 7) is 21.8. The fourth-order valence-electron chi connectivity index (χ4n) is 4.54. The molecule has 8 nitrogen and oxygen atoms in total. The van der Waals surface area contributed by atoms with Crippen LogP contribution in [-0.2, 0) is 9.47 Å². The summed E-state index contributed by atoms with van der Waals surface area (Å²) in [7, 11) is 0. The van der Waals surface area contributed by atoms with Crippen LogP contribution in [0, 0.1) is 0 Å². The van der Waals surface area contributed by atoms with Crippen molar-refractivity contribution in [3.63, 3.8) is 0 Å². The van der Waals surface area contributed by atoms with E-state index in [1.165, 1.54) is 11.1 Å². The van der Waals surface area contributed by atoms with E-state index in [4.69, 9.17) is 32.7 Å². The Morgan fingerprint density at radius 3 is 1.53 bits per heavy atom. The molecule has 2 heterocycles. The smallest absolute Gasteiger partial charge is 0.410 e. The number of benzene rings is 2. The first-order valence-electron chi connectivity index (χ1n) is 15.7. The predicted molar refractivity (Wildman–Crippen MR) is 204 cm³/mol. The second kappa shape index (κ2) is 19.3. The first-order valence-corrected chi connectivity index (χ1v) is 19.0. The van der Waals surface area contributed by atoms with Crippen LogP contribution in [-0.4, -0.2) is 90.4 Å². The Balaban J connectivity index is 0.000000270. The van der Waals surface area contributed by atoms with Gasteiger partial charge < -0.3 is 24.6 Å². The van der Waals surface area contributed by atoms with E-state index in [-0.39, 0.29) is 23.8 Å². The average molecular weight is 888 g/mol. The molecule has 2 aliphatic rings. The lowest BCUT2D eigenvalue weighted by molar-refractivity contribution is 0.0109. The van der Waals surface area contributed by atoms with E-state index in [2.05, 4.69) is 84.0 Å². The summed E-state index contributed by atoms with van der Waals surface area (Å²) in [6, 6.07) is 12.2. The molecule has 13 heteroatoms. The summed E-state index contributed by atoms with van der Waals surface area (Å²) in [4.78, 5) is 29.9. The Kier molecular flexibility index (Phi) is 17.3. The third kappa shape index (κ3) is 15.6. The number of alkyl halides is 1. The maximum absolute atomic E-state index is 12.1. The van der Waals surface area contributed by atoms with Gasteiger partial charge >= 0.3 is 12.2 Å². The van der Waals surface area contributed by atoms with Crippen LogP contribution in [0.5, 0.6) is 0 Å². The lowest BCUT2D eigenvalue weighted by Crippen LogP contribution is -2.50. The molecule has 0 spiro atoms. The zero-order chi connectivity index (χ0) is 35.5. The molecule has 2 saturated heterocycles. The number of nitrogens with zero attached hydrogens (tertiary/aromatic N) is 3. The molecule has 2 fully saturated rings. The fraction of sp³-hybridized carbons (Fsp3) is 0.588. The number of ether oxygens (including phenoxy) is 2. The van der Waals surface area contributed by atoms with Crippen molar-refractivity contribution >= 4 is 83.2 Å². The Morgan fingerprint density at radius 1 is 0.723 bits per heavy atom. The third-order valence-corrected chi connectivity index (χ3v) is 10.1.